The van der Waals surface area contributed by atoms with Gasteiger partial charge in [0.05, 0.1) is 5.75 Å². The molecule has 1 aliphatic rings. The zero-order chi connectivity index (χ0) is 10.3. The van der Waals surface area contributed by atoms with E-state index in [0.717, 1.165) is 12.6 Å². The van der Waals surface area contributed by atoms with E-state index in [1.807, 2.05) is 6.92 Å². The van der Waals surface area contributed by atoms with Gasteiger partial charge in [-0.15, -0.1) is 0 Å². The molecule has 0 saturated carbocycles. The van der Waals surface area contributed by atoms with Crippen molar-refractivity contribution < 1.29 is 8.42 Å². The van der Waals surface area contributed by atoms with Crippen LogP contribution >= 0.6 is 0 Å². The molecule has 13 heavy (non-hydrogen) atoms. The van der Waals surface area contributed by atoms with Crippen molar-refractivity contribution in [2.45, 2.75) is 38.7 Å². The third kappa shape index (κ3) is 3.40. The van der Waals surface area contributed by atoms with Crippen LogP contribution in [0.15, 0.2) is 0 Å². The Balaban J connectivity index is 2.45. The Morgan fingerprint density at radius 3 is 2.15 bits per heavy atom. The van der Waals surface area contributed by atoms with Crippen molar-refractivity contribution in [1.29, 1.82) is 0 Å². The zero-order valence-corrected chi connectivity index (χ0v) is 10.7. The summed E-state index contributed by atoms with van der Waals surface area (Å²) in [5.41, 5.74) is 0. The molecule has 78 valence electrons. The molecule has 0 spiro atoms. The highest BCUT2D eigenvalue weighted by Crippen LogP contribution is 2.23. The summed E-state index contributed by atoms with van der Waals surface area (Å²) in [6, 6.07) is 1.13. The predicted molar refractivity (Wildman–Crippen MR) is 58.1 cm³/mol. The monoisotopic (exact) mass is 221 g/mol. The lowest BCUT2D eigenvalue weighted by Crippen LogP contribution is -2.27. The molecule has 1 fully saturated rings. The van der Waals surface area contributed by atoms with Crippen LogP contribution in [0.3, 0.4) is 0 Å². The Morgan fingerprint density at radius 1 is 1.38 bits per heavy atom. The first kappa shape index (κ1) is 11.2. The van der Waals surface area contributed by atoms with E-state index in [2.05, 4.69) is 19.6 Å². The van der Waals surface area contributed by atoms with Crippen LogP contribution in [0.1, 0.15) is 6.92 Å². The van der Waals surface area contributed by atoms with E-state index in [4.69, 9.17) is 0 Å². The summed E-state index contributed by atoms with van der Waals surface area (Å²) in [6.45, 7) is 9.29. The minimum absolute atomic E-state index is 0.256. The van der Waals surface area contributed by atoms with E-state index in [0.29, 0.717) is 5.75 Å². The van der Waals surface area contributed by atoms with Gasteiger partial charge < -0.3 is 0 Å². The number of nitrogens with zero attached hydrogens (tertiary/aromatic N) is 1. The summed E-state index contributed by atoms with van der Waals surface area (Å²) in [5.74, 6) is 0.354. The molecule has 5 heteroatoms. The summed E-state index contributed by atoms with van der Waals surface area (Å²) in [4.78, 5) is 0. The van der Waals surface area contributed by atoms with E-state index in [9.17, 15) is 8.42 Å². The molecule has 0 aliphatic carbocycles. The smallest absolute Gasteiger partial charge is 0.212 e. The highest BCUT2D eigenvalue weighted by atomic mass is 32.2. The molecule has 0 radical (unpaired) electrons. The van der Waals surface area contributed by atoms with Crippen LogP contribution in [0.2, 0.25) is 25.7 Å². The van der Waals surface area contributed by atoms with Gasteiger partial charge in [-0.05, 0) is 13.0 Å². The second-order valence-electron chi connectivity index (χ2n) is 5.05. The summed E-state index contributed by atoms with van der Waals surface area (Å²) < 4.78 is 24.8. The number of rotatable bonds is 4. The first-order valence-corrected chi connectivity index (χ1v) is 10.0. The van der Waals surface area contributed by atoms with Gasteiger partial charge in [-0.3, -0.25) is 0 Å². The minimum Gasteiger partial charge on any atom is -0.212 e. The number of hydrogen-bond acceptors (Lipinski definition) is 2. The van der Waals surface area contributed by atoms with Gasteiger partial charge in [0, 0.05) is 20.7 Å². The number of sulfonamides is 1. The van der Waals surface area contributed by atoms with Crippen LogP contribution in [0.4, 0.5) is 0 Å². The molecule has 2 atom stereocenters. The zero-order valence-electron chi connectivity index (χ0n) is 8.87. The van der Waals surface area contributed by atoms with E-state index >= 15 is 0 Å². The maximum atomic E-state index is 11.6. The second kappa shape index (κ2) is 3.36. The van der Waals surface area contributed by atoms with E-state index in [1.54, 1.807) is 4.31 Å². The predicted octanol–water partition coefficient (Wildman–Crippen LogP) is 1.36. The summed E-state index contributed by atoms with van der Waals surface area (Å²) in [5, 5.41) is 0. The molecule has 1 unspecified atom stereocenters. The van der Waals surface area contributed by atoms with Gasteiger partial charge in [-0.2, -0.15) is 4.31 Å². The molecule has 0 bridgehead atoms. The Hall–Kier alpha value is 0.127. The summed E-state index contributed by atoms with van der Waals surface area (Å²) >= 11 is 0. The lowest BCUT2D eigenvalue weighted by Gasteiger charge is -2.15. The van der Waals surface area contributed by atoms with Crippen molar-refractivity contribution in [3.8, 4) is 0 Å². The van der Waals surface area contributed by atoms with Crippen molar-refractivity contribution in [2.24, 2.45) is 0 Å². The van der Waals surface area contributed by atoms with Crippen LogP contribution < -0.4 is 0 Å². The summed E-state index contributed by atoms with van der Waals surface area (Å²) in [7, 11) is -4.11. The highest BCUT2D eigenvalue weighted by Gasteiger charge is 2.40. The first-order chi connectivity index (χ1) is 5.72. The quantitative estimate of drug-likeness (QED) is 0.531. The first-order valence-electron chi connectivity index (χ1n) is 4.72. The Labute approximate surface area is 82.2 Å². The fourth-order valence-corrected chi connectivity index (χ4v) is 5.86. The SMILES string of the molecule is C[C@H]1CN1S(=O)(=O)CC[Si](C)(C)C. The van der Waals surface area contributed by atoms with Crippen LogP contribution in [-0.4, -0.2) is 39.1 Å². The topological polar surface area (TPSA) is 37.1 Å². The fourth-order valence-electron chi connectivity index (χ4n) is 1.15. The molecule has 3 nitrogen and oxygen atoms in total. The molecule has 0 aromatic heterocycles. The van der Waals surface area contributed by atoms with Gasteiger partial charge >= 0.3 is 0 Å². The number of hydrogen-bond donors (Lipinski definition) is 0. The Morgan fingerprint density at radius 2 is 1.85 bits per heavy atom. The van der Waals surface area contributed by atoms with Crippen LogP contribution in [0.5, 0.6) is 0 Å². The van der Waals surface area contributed by atoms with Gasteiger partial charge in [0.15, 0.2) is 0 Å². The molecular formula is C8H19NO2SSi. The Kier molecular flexibility index (Phi) is 2.90. The van der Waals surface area contributed by atoms with Crippen molar-refractivity contribution in [3.63, 3.8) is 0 Å². The molecule has 0 aromatic rings. The standard InChI is InChI=1S/C8H19NO2SSi/c1-8-7-9(8)12(10,11)5-6-13(2,3)4/h8H,5-7H2,1-4H3/t8-,9?/m0/s1. The minimum atomic E-state index is -2.90. The van der Waals surface area contributed by atoms with E-state index < -0.39 is 18.1 Å². The van der Waals surface area contributed by atoms with Crippen molar-refractivity contribution in [1.82, 2.24) is 4.31 Å². The van der Waals surface area contributed by atoms with Gasteiger partial charge in [-0.25, -0.2) is 8.42 Å². The fraction of sp³-hybridized carbons (Fsp3) is 1.00. The normalized spacial score (nSPS) is 28.9. The maximum Gasteiger partial charge on any atom is 0.214 e. The average Bonchev–Trinajstić information content (AvgIpc) is 2.62. The van der Waals surface area contributed by atoms with Gasteiger partial charge in [0.25, 0.3) is 0 Å². The van der Waals surface area contributed by atoms with Gasteiger partial charge in [-0.1, -0.05) is 19.6 Å². The lowest BCUT2D eigenvalue weighted by molar-refractivity contribution is 0.556. The highest BCUT2D eigenvalue weighted by molar-refractivity contribution is 7.89. The Bertz CT molecular complexity index is 281. The van der Waals surface area contributed by atoms with Gasteiger partial charge in [0.2, 0.25) is 10.0 Å². The third-order valence-electron chi connectivity index (χ3n) is 2.27. The van der Waals surface area contributed by atoms with E-state index in [-0.39, 0.29) is 6.04 Å². The van der Waals surface area contributed by atoms with E-state index in [1.165, 1.54) is 0 Å². The molecule has 1 aliphatic heterocycles. The molecule has 1 saturated heterocycles. The van der Waals surface area contributed by atoms with Crippen LogP contribution in [0, 0.1) is 0 Å². The molecule has 0 aromatic carbocycles. The van der Waals surface area contributed by atoms with Crippen molar-refractivity contribution >= 4 is 18.1 Å². The molecule has 0 amide bonds. The average molecular weight is 221 g/mol. The van der Waals surface area contributed by atoms with Crippen molar-refractivity contribution in [2.75, 3.05) is 12.3 Å². The summed E-state index contributed by atoms with van der Waals surface area (Å²) in [6.07, 6.45) is 0. The van der Waals surface area contributed by atoms with Crippen LogP contribution in [0.25, 0.3) is 0 Å². The lowest BCUT2D eigenvalue weighted by atomic mass is 10.6. The third-order valence-corrected chi connectivity index (χ3v) is 6.33. The maximum absolute atomic E-state index is 11.6. The molecule has 1 rings (SSSR count). The van der Waals surface area contributed by atoms with Gasteiger partial charge in [0.1, 0.15) is 0 Å². The van der Waals surface area contributed by atoms with Crippen molar-refractivity contribution in [3.05, 3.63) is 0 Å². The second-order valence-corrected chi connectivity index (χ2v) is 12.7. The molecule has 0 N–H and O–H groups in total. The molecule has 1 heterocycles. The largest absolute Gasteiger partial charge is 0.214 e. The molecular weight excluding hydrogens is 202 g/mol. The van der Waals surface area contributed by atoms with Crippen LogP contribution in [-0.2, 0) is 10.0 Å².